The number of ether oxygens (including phenoxy) is 1. The Labute approximate surface area is 323 Å². The zero-order chi connectivity index (χ0) is 38.9. The Bertz CT molecular complexity index is 1050. The summed E-state index contributed by atoms with van der Waals surface area (Å²) in [4.78, 5) is 33.8. The molecule has 0 spiro atoms. The smallest absolute Gasteiger partial charge is 0.463 e. The quantitative estimate of drug-likeness (QED) is 0.0245. The molecule has 2 atom stereocenters. The van der Waals surface area contributed by atoms with E-state index in [-0.39, 0.29) is 32.1 Å². The SMILES string of the molecule is CC/C=C\C/C=C\C/C=C\C/C=C\C/C=C\CCCCCCCCCC(=O)NCCOP(=O)(O)OCC(O)COC(=O)CCCCCCCCCCC. The molecule has 306 valence electrons. The lowest BCUT2D eigenvalue weighted by Crippen LogP contribution is -2.27. The van der Waals surface area contributed by atoms with E-state index in [2.05, 4.69) is 79.9 Å². The maximum atomic E-state index is 12.1. The molecule has 0 radical (unpaired) electrons. The fourth-order valence-electron chi connectivity index (χ4n) is 5.35. The van der Waals surface area contributed by atoms with Crippen LogP contribution in [0.15, 0.2) is 60.8 Å². The first-order valence-corrected chi connectivity index (χ1v) is 22.3. The van der Waals surface area contributed by atoms with Crippen LogP contribution in [-0.4, -0.2) is 54.3 Å². The number of carbonyl (C=O) groups excluding carboxylic acids is 2. The van der Waals surface area contributed by atoms with Crippen LogP contribution in [0.3, 0.4) is 0 Å². The number of amides is 1. The second kappa shape index (κ2) is 39.4. The summed E-state index contributed by atoms with van der Waals surface area (Å²) in [7, 11) is -4.42. The van der Waals surface area contributed by atoms with E-state index in [9.17, 15) is 24.2 Å². The maximum absolute atomic E-state index is 12.1. The molecule has 0 fully saturated rings. The number of aliphatic hydroxyl groups excluding tert-OH is 1. The molecule has 0 bridgehead atoms. The molecule has 3 N–H and O–H groups in total. The van der Waals surface area contributed by atoms with E-state index < -0.39 is 26.5 Å². The number of phosphoric acid groups is 1. The third-order valence-electron chi connectivity index (χ3n) is 8.46. The van der Waals surface area contributed by atoms with Crippen molar-refractivity contribution in [1.29, 1.82) is 0 Å². The first-order valence-electron chi connectivity index (χ1n) is 20.8. The summed E-state index contributed by atoms with van der Waals surface area (Å²) in [5, 5.41) is 12.6. The van der Waals surface area contributed by atoms with E-state index in [0.29, 0.717) is 6.42 Å². The fourth-order valence-corrected chi connectivity index (χ4v) is 6.10. The Morgan fingerprint density at radius 2 is 1.08 bits per heavy atom. The van der Waals surface area contributed by atoms with Gasteiger partial charge in [0.05, 0.1) is 13.2 Å². The van der Waals surface area contributed by atoms with Gasteiger partial charge >= 0.3 is 13.8 Å². The van der Waals surface area contributed by atoms with Gasteiger partial charge in [-0.2, -0.15) is 0 Å². The monoisotopic (exact) mass is 766 g/mol. The number of esters is 1. The molecule has 0 aliphatic rings. The molecule has 0 saturated carbocycles. The van der Waals surface area contributed by atoms with E-state index in [1.54, 1.807) is 0 Å². The number of hydrogen-bond acceptors (Lipinski definition) is 7. The molecule has 0 aliphatic heterocycles. The largest absolute Gasteiger partial charge is 0.472 e. The predicted octanol–water partition coefficient (Wildman–Crippen LogP) is 11.3. The highest BCUT2D eigenvalue weighted by Crippen LogP contribution is 2.42. The summed E-state index contributed by atoms with van der Waals surface area (Å²) in [6, 6.07) is 0. The summed E-state index contributed by atoms with van der Waals surface area (Å²) in [5.74, 6) is -0.533. The van der Waals surface area contributed by atoms with E-state index in [1.165, 1.54) is 64.2 Å². The minimum absolute atomic E-state index is 0.0731. The van der Waals surface area contributed by atoms with Gasteiger partial charge in [-0.3, -0.25) is 18.6 Å². The number of allylic oxidation sites excluding steroid dienone is 10. The first-order chi connectivity index (χ1) is 25.8. The van der Waals surface area contributed by atoms with E-state index in [0.717, 1.165) is 77.0 Å². The summed E-state index contributed by atoms with van der Waals surface area (Å²) in [6.07, 6.45) is 45.9. The van der Waals surface area contributed by atoms with Gasteiger partial charge in [0, 0.05) is 19.4 Å². The molecule has 53 heavy (non-hydrogen) atoms. The van der Waals surface area contributed by atoms with Crippen LogP contribution >= 0.6 is 7.82 Å². The normalized spacial score (nSPS) is 14.0. The van der Waals surface area contributed by atoms with Gasteiger partial charge in [0.15, 0.2) is 0 Å². The number of hydrogen-bond donors (Lipinski definition) is 3. The van der Waals surface area contributed by atoms with Crippen molar-refractivity contribution < 1.29 is 37.9 Å². The summed E-state index contributed by atoms with van der Waals surface area (Å²) < 4.78 is 26.8. The Morgan fingerprint density at radius 1 is 0.604 bits per heavy atom. The molecule has 0 aromatic heterocycles. The average molecular weight is 766 g/mol. The van der Waals surface area contributed by atoms with Crippen LogP contribution in [0.4, 0.5) is 0 Å². The van der Waals surface area contributed by atoms with Crippen LogP contribution in [0.5, 0.6) is 0 Å². The topological polar surface area (TPSA) is 131 Å². The number of rotatable bonds is 38. The zero-order valence-corrected chi connectivity index (χ0v) is 34.3. The standard InChI is InChI=1S/C43H76NO8P/c1-3-5-7-9-11-13-14-15-16-17-18-19-20-21-22-23-24-25-26-28-29-31-33-35-42(46)44-37-38-51-53(48,49)52-40-41(45)39-50-43(47)36-34-32-30-27-12-10-8-6-4-2/h5,7,11,13,15-16,18-19,21-22,41,45H,3-4,6,8-10,12,14,17,20,23-40H2,1-2H3,(H,44,46)(H,48,49)/b7-5-,13-11-,16-15-,19-18-,22-21-. The molecule has 0 rings (SSSR count). The molecule has 0 saturated heterocycles. The maximum Gasteiger partial charge on any atom is 0.472 e. The van der Waals surface area contributed by atoms with Crippen molar-refractivity contribution in [3.05, 3.63) is 60.8 Å². The zero-order valence-electron chi connectivity index (χ0n) is 33.4. The second-order valence-electron chi connectivity index (χ2n) is 13.6. The van der Waals surface area contributed by atoms with Crippen molar-refractivity contribution in [3.8, 4) is 0 Å². The molecule has 0 aliphatic carbocycles. The lowest BCUT2D eigenvalue weighted by Gasteiger charge is -2.15. The van der Waals surface area contributed by atoms with Crippen LogP contribution in [0.2, 0.25) is 0 Å². The van der Waals surface area contributed by atoms with E-state index in [4.69, 9.17) is 13.8 Å². The van der Waals surface area contributed by atoms with Crippen molar-refractivity contribution in [2.75, 3.05) is 26.4 Å². The minimum atomic E-state index is -4.42. The van der Waals surface area contributed by atoms with Gasteiger partial charge in [-0.1, -0.05) is 158 Å². The summed E-state index contributed by atoms with van der Waals surface area (Å²) in [6.45, 7) is 3.38. The number of carbonyl (C=O) groups is 2. The molecule has 1 amide bonds. The van der Waals surface area contributed by atoms with Crippen LogP contribution < -0.4 is 5.32 Å². The minimum Gasteiger partial charge on any atom is -0.463 e. The number of aliphatic hydroxyl groups is 1. The van der Waals surface area contributed by atoms with Gasteiger partial charge in [-0.25, -0.2) is 4.57 Å². The van der Waals surface area contributed by atoms with Crippen molar-refractivity contribution in [2.24, 2.45) is 0 Å². The highest BCUT2D eigenvalue weighted by Gasteiger charge is 2.23. The fraction of sp³-hybridized carbons (Fsp3) is 0.721. The predicted molar refractivity (Wildman–Crippen MR) is 220 cm³/mol. The highest BCUT2D eigenvalue weighted by molar-refractivity contribution is 7.47. The lowest BCUT2D eigenvalue weighted by atomic mass is 10.1. The number of phosphoric ester groups is 1. The molecule has 9 nitrogen and oxygen atoms in total. The van der Waals surface area contributed by atoms with Crippen molar-refractivity contribution >= 4 is 19.7 Å². The van der Waals surface area contributed by atoms with Gasteiger partial charge in [-0.15, -0.1) is 0 Å². The summed E-state index contributed by atoms with van der Waals surface area (Å²) in [5.41, 5.74) is 0. The van der Waals surface area contributed by atoms with Gasteiger partial charge in [-0.05, 0) is 57.8 Å². The van der Waals surface area contributed by atoms with Crippen LogP contribution in [0.25, 0.3) is 0 Å². The van der Waals surface area contributed by atoms with Crippen LogP contribution in [0.1, 0.15) is 168 Å². The van der Waals surface area contributed by atoms with Crippen molar-refractivity contribution in [1.82, 2.24) is 5.32 Å². The third-order valence-corrected chi connectivity index (χ3v) is 9.45. The average Bonchev–Trinajstić information content (AvgIpc) is 3.14. The molecule has 0 aromatic rings. The van der Waals surface area contributed by atoms with E-state index >= 15 is 0 Å². The van der Waals surface area contributed by atoms with Gasteiger partial charge in [0.1, 0.15) is 12.7 Å². The summed E-state index contributed by atoms with van der Waals surface area (Å²) >= 11 is 0. The second-order valence-corrected chi connectivity index (χ2v) is 15.0. The van der Waals surface area contributed by atoms with Crippen LogP contribution in [0, 0.1) is 0 Å². The number of unbranched alkanes of at least 4 members (excludes halogenated alkanes) is 15. The van der Waals surface area contributed by atoms with Crippen LogP contribution in [-0.2, 0) is 27.9 Å². The lowest BCUT2D eigenvalue weighted by molar-refractivity contribution is -0.147. The van der Waals surface area contributed by atoms with Gasteiger partial charge in [0.2, 0.25) is 5.91 Å². The van der Waals surface area contributed by atoms with Crippen molar-refractivity contribution in [2.45, 2.75) is 174 Å². The Morgan fingerprint density at radius 3 is 1.62 bits per heavy atom. The molecule has 10 heteroatoms. The number of nitrogens with one attached hydrogen (secondary N) is 1. The molecule has 0 heterocycles. The van der Waals surface area contributed by atoms with E-state index in [1.807, 2.05) is 0 Å². The first kappa shape index (κ1) is 50.7. The molecular formula is C43H76NO8P. The Kier molecular flexibility index (Phi) is 37.7. The molecule has 0 aromatic carbocycles. The Hall–Kier alpha value is -2.29. The highest BCUT2D eigenvalue weighted by atomic mass is 31.2. The van der Waals surface area contributed by atoms with Gasteiger partial charge in [0.25, 0.3) is 0 Å². The third kappa shape index (κ3) is 40.7. The molecule has 2 unspecified atom stereocenters. The Balaban J connectivity index is 3.62. The van der Waals surface area contributed by atoms with Gasteiger partial charge < -0.3 is 20.1 Å². The molecular weight excluding hydrogens is 689 g/mol. The van der Waals surface area contributed by atoms with Crippen molar-refractivity contribution in [3.63, 3.8) is 0 Å².